The van der Waals surface area contributed by atoms with Gasteiger partial charge in [0.15, 0.2) is 0 Å². The molecule has 1 atom stereocenters. The lowest BCUT2D eigenvalue weighted by Gasteiger charge is -2.32. The lowest BCUT2D eigenvalue weighted by Crippen LogP contribution is -2.37. The maximum absolute atomic E-state index is 5.40. The Kier molecular flexibility index (Phi) is 5.06. The molecule has 0 spiro atoms. The summed E-state index contributed by atoms with van der Waals surface area (Å²) in [6.07, 6.45) is 2.52. The van der Waals surface area contributed by atoms with Crippen LogP contribution >= 0.6 is 12.4 Å². The fourth-order valence-electron chi connectivity index (χ4n) is 1.56. The Bertz CT molecular complexity index is 96.8. The van der Waals surface area contributed by atoms with Gasteiger partial charge in [0.05, 0.1) is 6.61 Å². The van der Waals surface area contributed by atoms with Crippen LogP contribution in [0.25, 0.3) is 0 Å². The first-order chi connectivity index (χ1) is 4.77. The molecule has 1 rings (SSSR count). The largest absolute Gasteiger partial charge is 0.381 e. The van der Waals surface area contributed by atoms with Crippen molar-refractivity contribution in [2.45, 2.75) is 19.8 Å². The quantitative estimate of drug-likeness (QED) is 0.693. The number of rotatable bonds is 2. The summed E-state index contributed by atoms with van der Waals surface area (Å²) in [4.78, 5) is 0. The van der Waals surface area contributed by atoms with Crippen LogP contribution in [0.3, 0.4) is 0 Å². The Labute approximate surface area is 75.1 Å². The molecule has 11 heavy (non-hydrogen) atoms. The van der Waals surface area contributed by atoms with Crippen LogP contribution in [0, 0.1) is 5.41 Å². The zero-order valence-corrected chi connectivity index (χ0v) is 8.17. The Hall–Kier alpha value is 0.210. The highest BCUT2D eigenvalue weighted by atomic mass is 35.5. The van der Waals surface area contributed by atoms with E-state index in [0.29, 0.717) is 5.41 Å². The summed E-state index contributed by atoms with van der Waals surface area (Å²) in [6, 6.07) is 0. The van der Waals surface area contributed by atoms with E-state index in [-0.39, 0.29) is 12.4 Å². The summed E-state index contributed by atoms with van der Waals surface area (Å²) in [5.41, 5.74) is 0.396. The van der Waals surface area contributed by atoms with E-state index in [0.717, 1.165) is 19.8 Å². The van der Waals surface area contributed by atoms with Crippen molar-refractivity contribution in [3.8, 4) is 0 Å². The summed E-state index contributed by atoms with van der Waals surface area (Å²) < 4.78 is 5.40. The molecule has 0 aliphatic carbocycles. The number of hydrogen-bond acceptors (Lipinski definition) is 2. The first kappa shape index (κ1) is 11.2. The fraction of sp³-hybridized carbons (Fsp3) is 1.00. The minimum Gasteiger partial charge on any atom is -0.381 e. The van der Waals surface area contributed by atoms with Crippen LogP contribution in [0.15, 0.2) is 0 Å². The summed E-state index contributed by atoms with van der Waals surface area (Å²) in [7, 11) is 2.00. The normalized spacial score (nSPS) is 31.1. The van der Waals surface area contributed by atoms with Crippen LogP contribution in [-0.2, 0) is 4.74 Å². The Morgan fingerprint density at radius 2 is 2.27 bits per heavy atom. The Morgan fingerprint density at radius 1 is 1.55 bits per heavy atom. The van der Waals surface area contributed by atoms with Crippen molar-refractivity contribution in [2.24, 2.45) is 5.41 Å². The van der Waals surface area contributed by atoms with Crippen LogP contribution in [0.1, 0.15) is 19.8 Å². The number of nitrogens with one attached hydrogen (secondary N) is 1. The molecule has 0 bridgehead atoms. The molecule has 68 valence electrons. The molecule has 1 aliphatic rings. The minimum atomic E-state index is 0. The van der Waals surface area contributed by atoms with Crippen molar-refractivity contribution in [3.05, 3.63) is 0 Å². The van der Waals surface area contributed by atoms with Gasteiger partial charge >= 0.3 is 0 Å². The van der Waals surface area contributed by atoms with Crippen molar-refractivity contribution in [3.63, 3.8) is 0 Å². The first-order valence-electron chi connectivity index (χ1n) is 3.99. The lowest BCUT2D eigenvalue weighted by molar-refractivity contribution is 0.00403. The van der Waals surface area contributed by atoms with Crippen LogP contribution < -0.4 is 5.32 Å². The van der Waals surface area contributed by atoms with Crippen molar-refractivity contribution >= 4 is 12.4 Å². The van der Waals surface area contributed by atoms with E-state index in [4.69, 9.17) is 4.74 Å². The standard InChI is InChI=1S/C8H17NO.ClH/c1-8(6-9-2)4-3-5-10-7-8;/h9H,3-7H2,1-2H3;1H/t8-;/m0./s1. The molecular weight excluding hydrogens is 162 g/mol. The van der Waals surface area contributed by atoms with Gasteiger partial charge in [-0.2, -0.15) is 0 Å². The predicted molar refractivity (Wildman–Crippen MR) is 49.3 cm³/mol. The SMILES string of the molecule is CNC[C@]1(C)CCCOC1.Cl. The average molecular weight is 180 g/mol. The van der Waals surface area contributed by atoms with Crippen molar-refractivity contribution in [1.82, 2.24) is 5.32 Å². The molecule has 1 heterocycles. The highest BCUT2D eigenvalue weighted by Crippen LogP contribution is 2.26. The molecule has 1 aliphatic heterocycles. The molecule has 0 aromatic heterocycles. The van der Waals surface area contributed by atoms with Gasteiger partial charge in [0.1, 0.15) is 0 Å². The maximum Gasteiger partial charge on any atom is 0.0531 e. The number of halogens is 1. The molecule has 0 unspecified atom stereocenters. The summed E-state index contributed by atoms with van der Waals surface area (Å²) in [5.74, 6) is 0. The predicted octanol–water partition coefficient (Wildman–Crippen LogP) is 1.44. The van der Waals surface area contributed by atoms with E-state index < -0.39 is 0 Å². The van der Waals surface area contributed by atoms with Crippen LogP contribution in [0.4, 0.5) is 0 Å². The van der Waals surface area contributed by atoms with E-state index in [9.17, 15) is 0 Å². The van der Waals surface area contributed by atoms with Gasteiger partial charge in [-0.3, -0.25) is 0 Å². The van der Waals surface area contributed by atoms with Crippen LogP contribution in [0.5, 0.6) is 0 Å². The van der Waals surface area contributed by atoms with E-state index in [1.54, 1.807) is 0 Å². The molecule has 3 heteroatoms. The minimum absolute atomic E-state index is 0. The first-order valence-corrected chi connectivity index (χ1v) is 3.99. The monoisotopic (exact) mass is 179 g/mol. The topological polar surface area (TPSA) is 21.3 Å². The fourth-order valence-corrected chi connectivity index (χ4v) is 1.56. The van der Waals surface area contributed by atoms with E-state index in [2.05, 4.69) is 12.2 Å². The van der Waals surface area contributed by atoms with Crippen molar-refractivity contribution in [1.29, 1.82) is 0 Å². The zero-order chi connectivity index (χ0) is 7.45. The second-order valence-electron chi connectivity index (χ2n) is 3.50. The van der Waals surface area contributed by atoms with E-state index >= 15 is 0 Å². The van der Waals surface area contributed by atoms with Gasteiger partial charge in [0.25, 0.3) is 0 Å². The molecule has 2 nitrogen and oxygen atoms in total. The summed E-state index contributed by atoms with van der Waals surface area (Å²) >= 11 is 0. The van der Waals surface area contributed by atoms with Gasteiger partial charge in [0, 0.05) is 18.6 Å². The smallest absolute Gasteiger partial charge is 0.0531 e. The highest BCUT2D eigenvalue weighted by molar-refractivity contribution is 5.85. The molecular formula is C8H18ClNO. The van der Waals surface area contributed by atoms with E-state index in [1.165, 1.54) is 12.8 Å². The van der Waals surface area contributed by atoms with Crippen molar-refractivity contribution < 1.29 is 4.74 Å². The van der Waals surface area contributed by atoms with Crippen LogP contribution in [-0.4, -0.2) is 26.8 Å². The Balaban J connectivity index is 0.000001000. The van der Waals surface area contributed by atoms with Gasteiger partial charge < -0.3 is 10.1 Å². The molecule has 0 aromatic carbocycles. The average Bonchev–Trinajstić information content (AvgIpc) is 1.89. The molecule has 0 radical (unpaired) electrons. The second-order valence-corrected chi connectivity index (χ2v) is 3.50. The highest BCUT2D eigenvalue weighted by Gasteiger charge is 2.26. The van der Waals surface area contributed by atoms with Gasteiger partial charge in [-0.05, 0) is 19.9 Å². The molecule has 1 saturated heterocycles. The number of ether oxygens (including phenoxy) is 1. The van der Waals surface area contributed by atoms with Gasteiger partial charge in [-0.1, -0.05) is 6.92 Å². The second kappa shape index (κ2) is 4.96. The maximum atomic E-state index is 5.40. The summed E-state index contributed by atoms with van der Waals surface area (Å²) in [6.45, 7) is 5.24. The molecule has 1 fully saturated rings. The van der Waals surface area contributed by atoms with Gasteiger partial charge in [-0.25, -0.2) is 0 Å². The third-order valence-corrected chi connectivity index (χ3v) is 2.12. The third kappa shape index (κ3) is 3.41. The number of hydrogen-bond donors (Lipinski definition) is 1. The van der Waals surface area contributed by atoms with Gasteiger partial charge in [-0.15, -0.1) is 12.4 Å². The molecule has 0 amide bonds. The third-order valence-electron chi connectivity index (χ3n) is 2.12. The van der Waals surface area contributed by atoms with E-state index in [1.807, 2.05) is 7.05 Å². The molecule has 1 N–H and O–H groups in total. The van der Waals surface area contributed by atoms with Crippen LogP contribution in [0.2, 0.25) is 0 Å². The van der Waals surface area contributed by atoms with Gasteiger partial charge in [0.2, 0.25) is 0 Å². The Morgan fingerprint density at radius 3 is 2.73 bits per heavy atom. The van der Waals surface area contributed by atoms with Crippen molar-refractivity contribution in [2.75, 3.05) is 26.8 Å². The molecule has 0 saturated carbocycles. The molecule has 0 aromatic rings. The zero-order valence-electron chi connectivity index (χ0n) is 7.35. The summed E-state index contributed by atoms with van der Waals surface area (Å²) in [5, 5.41) is 3.20. The lowest BCUT2D eigenvalue weighted by atomic mass is 9.85.